The molecule has 1 saturated heterocycles. The van der Waals surface area contributed by atoms with E-state index in [4.69, 9.17) is 0 Å². The van der Waals surface area contributed by atoms with Crippen molar-refractivity contribution in [3.05, 3.63) is 35.4 Å². The van der Waals surface area contributed by atoms with Gasteiger partial charge in [0.05, 0.1) is 5.56 Å². The first kappa shape index (κ1) is 23.0. The van der Waals surface area contributed by atoms with Crippen molar-refractivity contribution in [2.24, 2.45) is 4.99 Å². The fourth-order valence-electron chi connectivity index (χ4n) is 3.16. The normalized spacial score (nSPS) is 18.5. The Bertz CT molecular complexity index is 561. The molecule has 1 fully saturated rings. The van der Waals surface area contributed by atoms with Crippen LogP contribution in [0.3, 0.4) is 0 Å². The van der Waals surface area contributed by atoms with Crippen LogP contribution in [-0.4, -0.2) is 50.1 Å². The molecular weight excluding hydrogens is 456 g/mol. The molecule has 0 radical (unpaired) electrons. The Kier molecular flexibility index (Phi) is 9.70. The molecule has 148 valence electrons. The molecule has 2 N–H and O–H groups in total. The molecule has 1 aliphatic rings. The fourth-order valence-corrected chi connectivity index (χ4v) is 3.16. The number of nitrogens with one attached hydrogen (secondary N) is 2. The minimum atomic E-state index is -4.28. The van der Waals surface area contributed by atoms with Crippen LogP contribution < -0.4 is 10.6 Å². The van der Waals surface area contributed by atoms with Crippen LogP contribution in [-0.2, 0) is 12.6 Å². The minimum Gasteiger partial charge on any atom is -0.356 e. The maximum absolute atomic E-state index is 12.5. The molecule has 1 aliphatic heterocycles. The summed E-state index contributed by atoms with van der Waals surface area (Å²) >= 11 is 0. The average molecular weight is 484 g/mol. The van der Waals surface area contributed by atoms with Gasteiger partial charge in [-0.15, -0.1) is 24.0 Å². The van der Waals surface area contributed by atoms with E-state index in [0.717, 1.165) is 43.3 Å². The topological polar surface area (TPSA) is 39.7 Å². The molecule has 0 saturated carbocycles. The van der Waals surface area contributed by atoms with Crippen LogP contribution in [0.4, 0.5) is 13.2 Å². The maximum Gasteiger partial charge on any atom is 0.416 e. The number of likely N-dealkylation sites (N-methyl/N-ethyl adjacent to an activating group) is 1. The molecule has 1 aromatic carbocycles. The Labute approximate surface area is 170 Å². The van der Waals surface area contributed by atoms with E-state index in [0.29, 0.717) is 19.0 Å². The largest absolute Gasteiger partial charge is 0.416 e. The third kappa shape index (κ3) is 6.94. The number of benzene rings is 1. The van der Waals surface area contributed by atoms with Gasteiger partial charge in [0.1, 0.15) is 0 Å². The molecule has 0 spiro atoms. The van der Waals surface area contributed by atoms with E-state index in [9.17, 15) is 13.2 Å². The Morgan fingerprint density at radius 1 is 1.23 bits per heavy atom. The highest BCUT2D eigenvalue weighted by atomic mass is 127. The van der Waals surface area contributed by atoms with Gasteiger partial charge in [-0.05, 0) is 50.0 Å². The summed E-state index contributed by atoms with van der Waals surface area (Å²) in [5, 5.41) is 6.56. The second-order valence-electron chi connectivity index (χ2n) is 6.25. The monoisotopic (exact) mass is 484 g/mol. The summed E-state index contributed by atoms with van der Waals surface area (Å²) in [7, 11) is 1.72. The lowest BCUT2D eigenvalue weighted by Gasteiger charge is -2.24. The number of nitrogens with zero attached hydrogens (tertiary/aromatic N) is 2. The summed E-state index contributed by atoms with van der Waals surface area (Å²) in [6.07, 6.45) is -1.21. The van der Waals surface area contributed by atoms with Crippen molar-refractivity contribution in [1.82, 2.24) is 15.5 Å². The number of alkyl halides is 3. The molecule has 0 aromatic heterocycles. The fraction of sp³-hybridized carbons (Fsp3) is 0.611. The second kappa shape index (κ2) is 11.0. The van der Waals surface area contributed by atoms with Gasteiger partial charge in [-0.2, -0.15) is 13.2 Å². The number of aliphatic imine (C=N–C) groups is 1. The predicted octanol–water partition coefficient (Wildman–Crippen LogP) is 3.52. The summed E-state index contributed by atoms with van der Waals surface area (Å²) in [6.45, 7) is 5.87. The van der Waals surface area contributed by atoms with Gasteiger partial charge < -0.3 is 10.6 Å². The number of halogens is 4. The molecule has 1 heterocycles. The summed E-state index contributed by atoms with van der Waals surface area (Å²) in [5.74, 6) is 0.731. The van der Waals surface area contributed by atoms with Crippen LogP contribution in [0.5, 0.6) is 0 Å². The highest BCUT2D eigenvalue weighted by molar-refractivity contribution is 14.0. The van der Waals surface area contributed by atoms with Gasteiger partial charge >= 0.3 is 6.18 Å². The summed E-state index contributed by atoms with van der Waals surface area (Å²) in [5.41, 5.74) is 0.252. The quantitative estimate of drug-likeness (QED) is 0.369. The van der Waals surface area contributed by atoms with Crippen molar-refractivity contribution in [2.75, 3.05) is 33.2 Å². The lowest BCUT2D eigenvalue weighted by atomic mass is 10.1. The van der Waals surface area contributed by atoms with E-state index in [-0.39, 0.29) is 24.0 Å². The van der Waals surface area contributed by atoms with E-state index in [1.54, 1.807) is 7.05 Å². The third-order valence-electron chi connectivity index (χ3n) is 4.62. The van der Waals surface area contributed by atoms with Crippen LogP contribution >= 0.6 is 24.0 Å². The van der Waals surface area contributed by atoms with Crippen molar-refractivity contribution in [2.45, 2.75) is 38.4 Å². The lowest BCUT2D eigenvalue weighted by Crippen LogP contribution is -2.45. The van der Waals surface area contributed by atoms with Crippen molar-refractivity contribution < 1.29 is 13.2 Å². The lowest BCUT2D eigenvalue weighted by molar-refractivity contribution is -0.137. The first-order chi connectivity index (χ1) is 11.9. The molecule has 4 nitrogen and oxygen atoms in total. The van der Waals surface area contributed by atoms with Crippen LogP contribution in [0.25, 0.3) is 0 Å². The van der Waals surface area contributed by atoms with Gasteiger partial charge in [0.25, 0.3) is 0 Å². The van der Waals surface area contributed by atoms with E-state index in [2.05, 4.69) is 27.4 Å². The molecular formula is C18H28F3IN4. The van der Waals surface area contributed by atoms with Gasteiger partial charge in [0, 0.05) is 26.2 Å². The summed E-state index contributed by atoms with van der Waals surface area (Å²) < 4.78 is 37.6. The SMILES string of the molecule is CCN1CCCC1CNC(=NC)NCCc1ccc(C(F)(F)F)cc1.I. The molecule has 26 heavy (non-hydrogen) atoms. The van der Waals surface area contributed by atoms with Gasteiger partial charge in [0.2, 0.25) is 0 Å². The zero-order valence-corrected chi connectivity index (χ0v) is 17.6. The maximum atomic E-state index is 12.5. The highest BCUT2D eigenvalue weighted by Gasteiger charge is 2.29. The second-order valence-corrected chi connectivity index (χ2v) is 6.25. The Balaban J connectivity index is 0.00000338. The first-order valence-corrected chi connectivity index (χ1v) is 8.78. The van der Waals surface area contributed by atoms with Gasteiger partial charge in [-0.25, -0.2) is 0 Å². The molecule has 1 unspecified atom stereocenters. The molecule has 0 bridgehead atoms. The zero-order valence-electron chi connectivity index (χ0n) is 15.3. The number of hydrogen-bond acceptors (Lipinski definition) is 2. The Morgan fingerprint density at radius 3 is 2.50 bits per heavy atom. The molecule has 1 aromatic rings. The first-order valence-electron chi connectivity index (χ1n) is 8.78. The number of likely N-dealkylation sites (tertiary alicyclic amines) is 1. The minimum absolute atomic E-state index is 0. The molecule has 1 atom stereocenters. The smallest absolute Gasteiger partial charge is 0.356 e. The number of hydrogen-bond donors (Lipinski definition) is 2. The number of guanidine groups is 1. The van der Waals surface area contributed by atoms with Crippen molar-refractivity contribution in [3.63, 3.8) is 0 Å². The molecule has 0 aliphatic carbocycles. The highest BCUT2D eigenvalue weighted by Crippen LogP contribution is 2.29. The van der Waals surface area contributed by atoms with Crippen molar-refractivity contribution in [1.29, 1.82) is 0 Å². The zero-order chi connectivity index (χ0) is 18.3. The van der Waals surface area contributed by atoms with Crippen molar-refractivity contribution in [3.8, 4) is 0 Å². The molecule has 0 amide bonds. The average Bonchev–Trinajstić information content (AvgIpc) is 3.05. The van der Waals surface area contributed by atoms with Crippen molar-refractivity contribution >= 4 is 29.9 Å². The van der Waals surface area contributed by atoms with Crippen LogP contribution in [0, 0.1) is 0 Å². The Hall–Kier alpha value is -1.03. The van der Waals surface area contributed by atoms with E-state index >= 15 is 0 Å². The van der Waals surface area contributed by atoms with E-state index < -0.39 is 11.7 Å². The van der Waals surface area contributed by atoms with Crippen LogP contribution in [0.15, 0.2) is 29.3 Å². The third-order valence-corrected chi connectivity index (χ3v) is 4.62. The summed E-state index contributed by atoms with van der Waals surface area (Å²) in [4.78, 5) is 6.67. The van der Waals surface area contributed by atoms with Gasteiger partial charge in [-0.1, -0.05) is 19.1 Å². The van der Waals surface area contributed by atoms with Gasteiger partial charge in [-0.3, -0.25) is 9.89 Å². The Morgan fingerprint density at radius 2 is 1.92 bits per heavy atom. The molecule has 8 heteroatoms. The molecule has 2 rings (SSSR count). The van der Waals surface area contributed by atoms with E-state index in [1.807, 2.05) is 0 Å². The van der Waals surface area contributed by atoms with E-state index in [1.165, 1.54) is 25.0 Å². The van der Waals surface area contributed by atoms with Gasteiger partial charge in [0.15, 0.2) is 5.96 Å². The number of rotatable bonds is 6. The standard InChI is InChI=1S/C18H27F3N4.HI/c1-3-25-12-4-5-16(25)13-24-17(22-2)23-11-10-14-6-8-15(9-7-14)18(19,20)21;/h6-9,16H,3-5,10-13H2,1-2H3,(H2,22,23,24);1H. The predicted molar refractivity (Wildman–Crippen MR) is 110 cm³/mol. The van der Waals surface area contributed by atoms with Crippen LogP contribution in [0.2, 0.25) is 0 Å². The summed E-state index contributed by atoms with van der Waals surface area (Å²) in [6, 6.07) is 5.85. The van der Waals surface area contributed by atoms with Crippen LogP contribution in [0.1, 0.15) is 30.9 Å².